The molecule has 0 aromatic carbocycles. The van der Waals surface area contributed by atoms with Gasteiger partial charge in [-0.2, -0.15) is 0 Å². The van der Waals surface area contributed by atoms with E-state index in [0.717, 1.165) is 32.1 Å². The standard InChI is InChI=1S/C21H39N5O5/c1-13(2)18(28)15(8-10-22)25-17(27)12-24-20(30)16(9-11-23)26-21(31)19(29)14-6-4-3-5-7-14/h13-16,19,29H,3-12,22-23H2,1-2H3,(H,24,30)(H,25,27)(H,26,31). The molecule has 0 spiro atoms. The van der Waals surface area contributed by atoms with Gasteiger partial charge in [-0.1, -0.05) is 33.1 Å². The summed E-state index contributed by atoms with van der Waals surface area (Å²) in [5.41, 5.74) is 11.1. The molecule has 1 rings (SSSR count). The smallest absolute Gasteiger partial charge is 0.249 e. The zero-order valence-corrected chi connectivity index (χ0v) is 18.7. The van der Waals surface area contributed by atoms with E-state index >= 15 is 0 Å². The number of ketones is 1. The number of hydrogen-bond acceptors (Lipinski definition) is 7. The maximum absolute atomic E-state index is 12.5. The molecule has 1 fully saturated rings. The molecular formula is C21H39N5O5. The Morgan fingerprint density at radius 2 is 1.48 bits per heavy atom. The molecule has 178 valence electrons. The molecule has 3 unspecified atom stereocenters. The minimum atomic E-state index is -1.17. The Morgan fingerprint density at radius 3 is 2.03 bits per heavy atom. The van der Waals surface area contributed by atoms with E-state index in [2.05, 4.69) is 16.0 Å². The van der Waals surface area contributed by atoms with Gasteiger partial charge in [-0.25, -0.2) is 0 Å². The maximum atomic E-state index is 12.5. The molecular weight excluding hydrogens is 402 g/mol. The molecule has 10 heteroatoms. The van der Waals surface area contributed by atoms with Crippen LogP contribution >= 0.6 is 0 Å². The Hall–Kier alpha value is -2.04. The summed E-state index contributed by atoms with van der Waals surface area (Å²) in [6, 6.07) is -1.67. The van der Waals surface area contributed by atoms with Crippen LogP contribution in [0.5, 0.6) is 0 Å². The van der Waals surface area contributed by atoms with Gasteiger partial charge in [0.1, 0.15) is 12.1 Å². The van der Waals surface area contributed by atoms with Crippen LogP contribution in [0.3, 0.4) is 0 Å². The summed E-state index contributed by atoms with van der Waals surface area (Å²) in [6.07, 6.45) is 3.90. The molecule has 3 atom stereocenters. The van der Waals surface area contributed by atoms with Crippen molar-refractivity contribution in [2.24, 2.45) is 23.3 Å². The van der Waals surface area contributed by atoms with Crippen LogP contribution < -0.4 is 27.4 Å². The molecule has 0 bridgehead atoms. The summed E-state index contributed by atoms with van der Waals surface area (Å²) in [5, 5.41) is 17.9. The second kappa shape index (κ2) is 14.1. The number of hydrogen-bond donors (Lipinski definition) is 6. The predicted octanol–water partition coefficient (Wildman–Crippen LogP) is -1.06. The first-order valence-electron chi connectivity index (χ1n) is 11.2. The Morgan fingerprint density at radius 1 is 0.903 bits per heavy atom. The highest BCUT2D eigenvalue weighted by Crippen LogP contribution is 2.26. The number of rotatable bonds is 13. The first kappa shape index (κ1) is 27.0. The molecule has 1 saturated carbocycles. The van der Waals surface area contributed by atoms with Crippen molar-refractivity contribution in [3.05, 3.63) is 0 Å². The molecule has 0 aromatic heterocycles. The number of Topliss-reactive ketones (excluding diaryl/α,β-unsaturated/α-hetero) is 1. The lowest BCUT2D eigenvalue weighted by molar-refractivity contribution is -0.137. The van der Waals surface area contributed by atoms with Gasteiger partial charge in [-0.05, 0) is 44.7 Å². The van der Waals surface area contributed by atoms with Gasteiger partial charge in [-0.15, -0.1) is 0 Å². The normalized spacial score (nSPS) is 17.5. The Labute approximate surface area is 184 Å². The van der Waals surface area contributed by atoms with Gasteiger partial charge in [0, 0.05) is 5.92 Å². The van der Waals surface area contributed by atoms with Crippen LogP contribution in [0.4, 0.5) is 0 Å². The van der Waals surface area contributed by atoms with E-state index in [0.29, 0.717) is 6.42 Å². The lowest BCUT2D eigenvalue weighted by Crippen LogP contribution is -2.54. The largest absolute Gasteiger partial charge is 0.383 e. The number of aliphatic hydroxyl groups is 1. The van der Waals surface area contributed by atoms with Gasteiger partial charge in [0.15, 0.2) is 5.78 Å². The molecule has 3 amide bonds. The summed E-state index contributed by atoms with van der Waals surface area (Å²) in [5.74, 6) is -2.20. The fourth-order valence-corrected chi connectivity index (χ4v) is 3.75. The Balaban J connectivity index is 2.58. The van der Waals surface area contributed by atoms with Gasteiger partial charge in [0.2, 0.25) is 17.7 Å². The van der Waals surface area contributed by atoms with Crippen molar-refractivity contribution in [1.82, 2.24) is 16.0 Å². The first-order chi connectivity index (χ1) is 14.7. The zero-order valence-electron chi connectivity index (χ0n) is 18.7. The van der Waals surface area contributed by atoms with E-state index in [1.807, 2.05) is 0 Å². The molecule has 31 heavy (non-hydrogen) atoms. The zero-order chi connectivity index (χ0) is 23.4. The number of nitrogens with one attached hydrogen (secondary N) is 3. The maximum Gasteiger partial charge on any atom is 0.249 e. The van der Waals surface area contributed by atoms with E-state index in [4.69, 9.17) is 11.5 Å². The van der Waals surface area contributed by atoms with Crippen molar-refractivity contribution < 1.29 is 24.3 Å². The first-order valence-corrected chi connectivity index (χ1v) is 11.2. The average molecular weight is 442 g/mol. The van der Waals surface area contributed by atoms with E-state index < -0.39 is 35.9 Å². The fraction of sp³-hybridized carbons (Fsp3) is 0.810. The van der Waals surface area contributed by atoms with E-state index in [9.17, 15) is 24.3 Å². The lowest BCUT2D eigenvalue weighted by atomic mass is 9.85. The number of carbonyl (C=O) groups excluding carboxylic acids is 4. The third-order valence-corrected chi connectivity index (χ3v) is 5.58. The number of nitrogens with two attached hydrogens (primary N) is 2. The molecule has 0 saturated heterocycles. The summed E-state index contributed by atoms with van der Waals surface area (Å²) >= 11 is 0. The second-order valence-electron chi connectivity index (χ2n) is 8.45. The minimum absolute atomic E-state index is 0.112. The highest BCUT2D eigenvalue weighted by Gasteiger charge is 2.30. The molecule has 1 aliphatic rings. The van der Waals surface area contributed by atoms with Crippen LogP contribution in [0.25, 0.3) is 0 Å². The quantitative estimate of drug-likeness (QED) is 0.211. The molecule has 1 aliphatic carbocycles. The van der Waals surface area contributed by atoms with Crippen molar-refractivity contribution in [2.45, 2.75) is 77.0 Å². The monoisotopic (exact) mass is 441 g/mol. The third-order valence-electron chi connectivity index (χ3n) is 5.58. The van der Waals surface area contributed by atoms with Gasteiger partial charge in [0.25, 0.3) is 0 Å². The van der Waals surface area contributed by atoms with Gasteiger partial charge in [0.05, 0.1) is 12.6 Å². The molecule has 0 aliphatic heterocycles. The fourth-order valence-electron chi connectivity index (χ4n) is 3.75. The summed E-state index contributed by atoms with van der Waals surface area (Å²) < 4.78 is 0. The van der Waals surface area contributed by atoms with Gasteiger partial charge < -0.3 is 32.5 Å². The molecule has 0 radical (unpaired) electrons. The topological polar surface area (TPSA) is 177 Å². The molecule has 0 heterocycles. The van der Waals surface area contributed by atoms with Crippen molar-refractivity contribution in [3.8, 4) is 0 Å². The molecule has 10 nitrogen and oxygen atoms in total. The lowest BCUT2D eigenvalue weighted by Gasteiger charge is -2.27. The van der Waals surface area contributed by atoms with Crippen molar-refractivity contribution in [3.63, 3.8) is 0 Å². The summed E-state index contributed by atoms with van der Waals surface area (Å²) in [6.45, 7) is 3.51. The number of amides is 3. The highest BCUT2D eigenvalue weighted by atomic mass is 16.3. The van der Waals surface area contributed by atoms with Crippen LogP contribution in [0, 0.1) is 11.8 Å². The average Bonchev–Trinajstić information content (AvgIpc) is 2.76. The summed E-state index contributed by atoms with van der Waals surface area (Å²) in [7, 11) is 0. The van der Waals surface area contributed by atoms with E-state index in [1.165, 1.54) is 0 Å². The predicted molar refractivity (Wildman–Crippen MR) is 117 cm³/mol. The minimum Gasteiger partial charge on any atom is -0.383 e. The van der Waals surface area contributed by atoms with E-state index in [1.54, 1.807) is 13.8 Å². The Bertz CT molecular complexity index is 607. The van der Waals surface area contributed by atoms with Crippen LogP contribution in [0.2, 0.25) is 0 Å². The van der Waals surface area contributed by atoms with Crippen molar-refractivity contribution in [2.75, 3.05) is 19.6 Å². The number of aliphatic hydroxyl groups excluding tert-OH is 1. The Kier molecular flexibility index (Phi) is 12.3. The molecule has 8 N–H and O–H groups in total. The van der Waals surface area contributed by atoms with Crippen LogP contribution in [0.1, 0.15) is 58.8 Å². The second-order valence-corrected chi connectivity index (χ2v) is 8.45. The third kappa shape index (κ3) is 9.32. The highest BCUT2D eigenvalue weighted by molar-refractivity contribution is 5.93. The van der Waals surface area contributed by atoms with Crippen molar-refractivity contribution >= 4 is 23.5 Å². The number of carbonyl (C=O) groups is 4. The summed E-state index contributed by atoms with van der Waals surface area (Å²) in [4.78, 5) is 49.3. The SMILES string of the molecule is CC(C)C(=O)C(CCN)NC(=O)CNC(=O)C(CCN)NC(=O)C(O)C1CCCCC1. The van der Waals surface area contributed by atoms with E-state index in [-0.39, 0.29) is 43.7 Å². The van der Waals surface area contributed by atoms with Gasteiger partial charge >= 0.3 is 0 Å². The van der Waals surface area contributed by atoms with Crippen molar-refractivity contribution in [1.29, 1.82) is 0 Å². The molecule has 0 aromatic rings. The van der Waals surface area contributed by atoms with Crippen LogP contribution in [-0.4, -0.2) is 66.4 Å². The van der Waals surface area contributed by atoms with Gasteiger partial charge in [-0.3, -0.25) is 19.2 Å². The van der Waals surface area contributed by atoms with Crippen LogP contribution in [-0.2, 0) is 19.2 Å². The van der Waals surface area contributed by atoms with Crippen LogP contribution in [0.15, 0.2) is 0 Å².